The lowest BCUT2D eigenvalue weighted by Crippen LogP contribution is -2.24. The molecule has 0 aliphatic carbocycles. The van der Waals surface area contributed by atoms with Gasteiger partial charge in [-0.15, -0.1) is 0 Å². The highest BCUT2D eigenvalue weighted by Crippen LogP contribution is 2.42. The van der Waals surface area contributed by atoms with Gasteiger partial charge in [0.1, 0.15) is 11.5 Å². The van der Waals surface area contributed by atoms with E-state index in [1.807, 2.05) is 0 Å². The van der Waals surface area contributed by atoms with Crippen LogP contribution in [-0.2, 0) is 15.8 Å². The molecule has 0 radical (unpaired) electrons. The number of carbonyl (C=O) groups is 4. The Hall–Kier alpha value is -5.51. The summed E-state index contributed by atoms with van der Waals surface area (Å²) >= 11 is 0. The number of carboxylic acids is 1. The SMILES string of the molecule is CCC(=O)c1cc(O)c(C(=N)C(=O)Nc2ccc(C#N)cc2C(=O)O)cc1-c1ccc(N(C)C(C)=O)cc1C(F)(F)F. The number of carboxylic acid groups (broad SMARTS) is 1. The van der Waals surface area contributed by atoms with Gasteiger partial charge in [-0.2, -0.15) is 18.4 Å². The fourth-order valence-electron chi connectivity index (χ4n) is 4.03. The van der Waals surface area contributed by atoms with Crippen LogP contribution in [0.4, 0.5) is 24.5 Å². The van der Waals surface area contributed by atoms with Gasteiger partial charge in [0.25, 0.3) is 5.91 Å². The summed E-state index contributed by atoms with van der Waals surface area (Å²) in [5.41, 5.74) is -4.68. The van der Waals surface area contributed by atoms with Gasteiger partial charge in [0.05, 0.1) is 28.4 Å². The van der Waals surface area contributed by atoms with Crippen molar-refractivity contribution >= 4 is 40.7 Å². The molecule has 216 valence electrons. The Morgan fingerprint density at radius 2 is 1.67 bits per heavy atom. The third-order valence-electron chi connectivity index (χ3n) is 6.34. The van der Waals surface area contributed by atoms with Crippen LogP contribution < -0.4 is 10.2 Å². The van der Waals surface area contributed by atoms with Crippen molar-refractivity contribution in [3.05, 3.63) is 76.3 Å². The molecule has 3 aromatic carbocycles. The number of aromatic carboxylic acids is 1. The summed E-state index contributed by atoms with van der Waals surface area (Å²) in [5, 5.41) is 39.6. The van der Waals surface area contributed by atoms with E-state index in [9.17, 15) is 42.6 Å². The molecule has 0 aliphatic rings. The van der Waals surface area contributed by atoms with Crippen molar-refractivity contribution in [1.29, 1.82) is 10.7 Å². The van der Waals surface area contributed by atoms with Crippen molar-refractivity contribution in [1.82, 2.24) is 0 Å². The number of phenolic OH excluding ortho intramolecular Hbond substituents is 1. The number of hydrogen-bond acceptors (Lipinski definition) is 7. The lowest BCUT2D eigenvalue weighted by Gasteiger charge is -2.21. The lowest BCUT2D eigenvalue weighted by molar-refractivity contribution is -0.137. The van der Waals surface area contributed by atoms with Crippen LogP contribution in [0.25, 0.3) is 11.1 Å². The number of amides is 2. The molecule has 0 saturated heterocycles. The molecule has 0 unspecified atom stereocenters. The van der Waals surface area contributed by atoms with E-state index in [1.54, 1.807) is 6.07 Å². The maximum Gasteiger partial charge on any atom is 0.417 e. The van der Waals surface area contributed by atoms with E-state index >= 15 is 0 Å². The van der Waals surface area contributed by atoms with Crippen LogP contribution in [0, 0.1) is 16.7 Å². The van der Waals surface area contributed by atoms with E-state index in [4.69, 9.17) is 10.7 Å². The molecule has 0 spiro atoms. The molecule has 0 heterocycles. The first-order valence-corrected chi connectivity index (χ1v) is 12.1. The maximum absolute atomic E-state index is 14.2. The van der Waals surface area contributed by atoms with E-state index in [1.165, 1.54) is 33.0 Å². The maximum atomic E-state index is 14.2. The standard InChI is InChI=1S/C29H23F3N4O6/c1-4-24(38)19-12-25(39)21(26(34)27(40)35-23-8-5-15(13-33)9-20(23)28(41)42)11-18(19)17-7-6-16(36(3)14(2)37)10-22(17)29(30,31)32/h5-12,34,39H,4H2,1-3H3,(H,35,40)(H,41,42). The minimum absolute atomic E-state index is 0.0140. The van der Waals surface area contributed by atoms with Gasteiger partial charge in [-0.3, -0.25) is 19.8 Å². The molecule has 0 fully saturated rings. The zero-order valence-electron chi connectivity index (χ0n) is 22.4. The normalized spacial score (nSPS) is 10.9. The van der Waals surface area contributed by atoms with Gasteiger partial charge in [-0.1, -0.05) is 13.0 Å². The van der Waals surface area contributed by atoms with Gasteiger partial charge in [0, 0.05) is 37.2 Å². The number of nitrogens with zero attached hydrogens (tertiary/aromatic N) is 2. The average molecular weight is 581 g/mol. The number of phenols is 1. The number of aromatic hydroxyl groups is 1. The van der Waals surface area contributed by atoms with Gasteiger partial charge in [0.15, 0.2) is 5.78 Å². The van der Waals surface area contributed by atoms with Crippen molar-refractivity contribution in [2.24, 2.45) is 0 Å². The second kappa shape index (κ2) is 11.9. The topological polar surface area (TPSA) is 172 Å². The minimum Gasteiger partial charge on any atom is -0.507 e. The zero-order chi connectivity index (χ0) is 31.5. The first-order chi connectivity index (χ1) is 19.6. The highest BCUT2D eigenvalue weighted by Gasteiger charge is 2.36. The second-order valence-corrected chi connectivity index (χ2v) is 9.00. The quantitative estimate of drug-likeness (QED) is 0.209. The first-order valence-electron chi connectivity index (χ1n) is 12.1. The number of ketones is 1. The smallest absolute Gasteiger partial charge is 0.417 e. The zero-order valence-corrected chi connectivity index (χ0v) is 22.4. The number of halogens is 3. The van der Waals surface area contributed by atoms with Crippen LogP contribution >= 0.6 is 0 Å². The van der Waals surface area contributed by atoms with E-state index < -0.39 is 63.5 Å². The average Bonchev–Trinajstić information content (AvgIpc) is 2.95. The molecule has 10 nitrogen and oxygen atoms in total. The van der Waals surface area contributed by atoms with Crippen LogP contribution in [0.3, 0.4) is 0 Å². The highest BCUT2D eigenvalue weighted by atomic mass is 19.4. The monoisotopic (exact) mass is 580 g/mol. The minimum atomic E-state index is -4.96. The number of hydrogen-bond donors (Lipinski definition) is 4. The van der Waals surface area contributed by atoms with E-state index in [0.717, 1.165) is 41.3 Å². The van der Waals surface area contributed by atoms with Crippen molar-refractivity contribution in [2.75, 3.05) is 17.3 Å². The molecule has 13 heteroatoms. The van der Waals surface area contributed by atoms with Crippen molar-refractivity contribution < 1.29 is 42.6 Å². The third kappa shape index (κ3) is 6.28. The summed E-state index contributed by atoms with van der Waals surface area (Å²) in [5.74, 6) is -4.63. The Morgan fingerprint density at radius 1 is 1.00 bits per heavy atom. The summed E-state index contributed by atoms with van der Waals surface area (Å²) in [6, 6.07) is 9.84. The molecule has 0 saturated carbocycles. The molecule has 3 aromatic rings. The van der Waals surface area contributed by atoms with Crippen LogP contribution in [0.15, 0.2) is 48.5 Å². The number of rotatable bonds is 8. The van der Waals surface area contributed by atoms with Gasteiger partial charge in [0.2, 0.25) is 5.91 Å². The molecule has 0 bridgehead atoms. The summed E-state index contributed by atoms with van der Waals surface area (Å²) < 4.78 is 42.7. The highest BCUT2D eigenvalue weighted by molar-refractivity contribution is 6.48. The Bertz CT molecular complexity index is 1690. The number of anilines is 2. The van der Waals surface area contributed by atoms with Gasteiger partial charge >= 0.3 is 12.1 Å². The predicted octanol–water partition coefficient (Wildman–Crippen LogP) is 5.23. The number of Topliss-reactive ketones (excluding diaryl/α,β-unsaturated/α-hetero) is 1. The molecular weight excluding hydrogens is 557 g/mol. The first kappa shape index (κ1) is 31.0. The van der Waals surface area contributed by atoms with E-state index in [2.05, 4.69) is 5.32 Å². The van der Waals surface area contributed by atoms with Crippen molar-refractivity contribution in [2.45, 2.75) is 26.4 Å². The number of nitriles is 1. The second-order valence-electron chi connectivity index (χ2n) is 9.00. The van der Waals surface area contributed by atoms with Crippen LogP contribution in [0.1, 0.15) is 57.7 Å². The largest absolute Gasteiger partial charge is 0.507 e. The fourth-order valence-corrected chi connectivity index (χ4v) is 4.03. The van der Waals surface area contributed by atoms with Crippen LogP contribution in [0.2, 0.25) is 0 Å². The van der Waals surface area contributed by atoms with Gasteiger partial charge in [-0.05, 0) is 53.6 Å². The van der Waals surface area contributed by atoms with Crippen molar-refractivity contribution in [3.8, 4) is 22.9 Å². The number of nitrogens with one attached hydrogen (secondary N) is 2. The summed E-state index contributed by atoms with van der Waals surface area (Å²) in [7, 11) is 1.28. The Labute approximate surface area is 237 Å². The molecule has 3 rings (SSSR count). The molecular formula is C29H23F3N4O6. The van der Waals surface area contributed by atoms with Crippen LogP contribution in [0.5, 0.6) is 5.75 Å². The fraction of sp³-hybridized carbons (Fsp3) is 0.172. The summed E-state index contributed by atoms with van der Waals surface area (Å²) in [6.45, 7) is 2.62. The molecule has 2 amide bonds. The Kier molecular flexibility index (Phi) is 8.81. The summed E-state index contributed by atoms with van der Waals surface area (Å²) in [6.07, 6.45) is -5.10. The van der Waals surface area contributed by atoms with E-state index in [0.29, 0.717) is 0 Å². The lowest BCUT2D eigenvalue weighted by atomic mass is 9.89. The Balaban J connectivity index is 2.19. The predicted molar refractivity (Wildman–Crippen MR) is 146 cm³/mol. The molecule has 42 heavy (non-hydrogen) atoms. The number of benzene rings is 3. The van der Waals surface area contributed by atoms with Crippen LogP contribution in [-0.4, -0.2) is 46.5 Å². The summed E-state index contributed by atoms with van der Waals surface area (Å²) in [4.78, 5) is 50.0. The van der Waals surface area contributed by atoms with Gasteiger partial charge in [-0.25, -0.2) is 4.79 Å². The molecule has 0 aliphatic heterocycles. The third-order valence-corrected chi connectivity index (χ3v) is 6.34. The molecule has 0 atom stereocenters. The van der Waals surface area contributed by atoms with Crippen molar-refractivity contribution in [3.63, 3.8) is 0 Å². The van der Waals surface area contributed by atoms with E-state index in [-0.39, 0.29) is 34.5 Å². The molecule has 0 aromatic heterocycles. The Morgan fingerprint density at radius 3 is 2.21 bits per heavy atom. The van der Waals surface area contributed by atoms with Gasteiger partial charge < -0.3 is 20.4 Å². The number of carbonyl (C=O) groups excluding carboxylic acids is 3. The molecule has 4 N–H and O–H groups in total. The number of alkyl halides is 3.